The van der Waals surface area contributed by atoms with Crippen molar-refractivity contribution in [2.45, 2.75) is 18.7 Å². The first-order valence-electron chi connectivity index (χ1n) is 6.07. The van der Waals surface area contributed by atoms with E-state index in [1.807, 2.05) is 13.8 Å². The van der Waals surface area contributed by atoms with Gasteiger partial charge in [-0.3, -0.25) is 0 Å². The van der Waals surface area contributed by atoms with Gasteiger partial charge >= 0.3 is 0 Å². The number of hydrogen-bond donors (Lipinski definition) is 1. The van der Waals surface area contributed by atoms with E-state index < -0.39 is 10.0 Å². The number of benzene rings is 1. The van der Waals surface area contributed by atoms with Gasteiger partial charge in [0.15, 0.2) is 0 Å². The molecule has 0 unspecified atom stereocenters. The van der Waals surface area contributed by atoms with Crippen LogP contribution >= 0.6 is 23.2 Å². The van der Waals surface area contributed by atoms with Crippen molar-refractivity contribution >= 4 is 33.2 Å². The van der Waals surface area contributed by atoms with Crippen molar-refractivity contribution in [3.8, 4) is 0 Å². The molecular weight excluding hydrogens is 307 g/mol. The predicted molar refractivity (Wildman–Crippen MR) is 79.4 cm³/mol. The SMILES string of the molecule is CCN(CC)CCNS(=O)(=O)c1ccc(Cl)c(Cl)c1. The maximum absolute atomic E-state index is 12.0. The summed E-state index contributed by atoms with van der Waals surface area (Å²) in [6, 6.07) is 4.26. The lowest BCUT2D eigenvalue weighted by Crippen LogP contribution is -2.34. The van der Waals surface area contributed by atoms with Gasteiger partial charge in [0.2, 0.25) is 10.0 Å². The third-order valence-corrected chi connectivity index (χ3v) is 5.01. The topological polar surface area (TPSA) is 49.4 Å². The third-order valence-electron chi connectivity index (χ3n) is 2.82. The monoisotopic (exact) mass is 324 g/mol. The summed E-state index contributed by atoms with van der Waals surface area (Å²) in [7, 11) is -3.53. The molecule has 0 atom stereocenters. The molecule has 0 amide bonds. The Balaban J connectivity index is 2.68. The Bertz CT molecular complexity index is 516. The fourth-order valence-corrected chi connectivity index (χ4v) is 3.01. The molecule has 19 heavy (non-hydrogen) atoms. The van der Waals surface area contributed by atoms with E-state index in [0.717, 1.165) is 13.1 Å². The van der Waals surface area contributed by atoms with Crippen molar-refractivity contribution in [2.24, 2.45) is 0 Å². The Kier molecular flexibility index (Phi) is 6.56. The lowest BCUT2D eigenvalue weighted by atomic mass is 10.4. The Morgan fingerprint density at radius 3 is 2.32 bits per heavy atom. The summed E-state index contributed by atoms with van der Waals surface area (Å²) >= 11 is 11.6. The average molecular weight is 325 g/mol. The van der Waals surface area contributed by atoms with Crippen molar-refractivity contribution in [3.05, 3.63) is 28.2 Å². The maximum atomic E-state index is 12.0. The van der Waals surface area contributed by atoms with Gasteiger partial charge in [-0.1, -0.05) is 37.0 Å². The van der Waals surface area contributed by atoms with E-state index in [0.29, 0.717) is 18.1 Å². The van der Waals surface area contributed by atoms with E-state index in [1.165, 1.54) is 18.2 Å². The zero-order chi connectivity index (χ0) is 14.5. The number of sulfonamides is 1. The van der Waals surface area contributed by atoms with Crippen LogP contribution in [-0.4, -0.2) is 39.5 Å². The summed E-state index contributed by atoms with van der Waals surface area (Å²) in [6.07, 6.45) is 0. The van der Waals surface area contributed by atoms with Crippen LogP contribution in [0.25, 0.3) is 0 Å². The van der Waals surface area contributed by atoms with Crippen LogP contribution in [0.1, 0.15) is 13.8 Å². The zero-order valence-electron chi connectivity index (χ0n) is 11.0. The zero-order valence-corrected chi connectivity index (χ0v) is 13.3. The van der Waals surface area contributed by atoms with Crippen LogP contribution in [0.15, 0.2) is 23.1 Å². The van der Waals surface area contributed by atoms with Crippen molar-refractivity contribution in [1.82, 2.24) is 9.62 Å². The summed E-state index contributed by atoms with van der Waals surface area (Å²) in [6.45, 7) is 6.90. The van der Waals surface area contributed by atoms with Crippen molar-refractivity contribution < 1.29 is 8.42 Å². The molecule has 108 valence electrons. The quantitative estimate of drug-likeness (QED) is 0.838. The molecule has 1 aromatic rings. The molecule has 0 aromatic heterocycles. The smallest absolute Gasteiger partial charge is 0.240 e. The molecule has 0 aliphatic heterocycles. The summed E-state index contributed by atoms with van der Waals surface area (Å²) in [5.41, 5.74) is 0. The number of hydrogen-bond acceptors (Lipinski definition) is 3. The third kappa shape index (κ3) is 4.93. The lowest BCUT2D eigenvalue weighted by molar-refractivity contribution is 0.309. The highest BCUT2D eigenvalue weighted by molar-refractivity contribution is 7.89. The molecule has 1 N–H and O–H groups in total. The second-order valence-electron chi connectivity index (χ2n) is 4.00. The normalized spacial score (nSPS) is 12.1. The second-order valence-corrected chi connectivity index (χ2v) is 6.58. The highest BCUT2D eigenvalue weighted by Gasteiger charge is 2.15. The van der Waals surface area contributed by atoms with E-state index in [4.69, 9.17) is 23.2 Å². The molecule has 7 heteroatoms. The van der Waals surface area contributed by atoms with Crippen molar-refractivity contribution in [1.29, 1.82) is 0 Å². The van der Waals surface area contributed by atoms with Gasteiger partial charge < -0.3 is 4.90 Å². The Morgan fingerprint density at radius 2 is 1.79 bits per heavy atom. The van der Waals surface area contributed by atoms with Gasteiger partial charge in [0, 0.05) is 13.1 Å². The summed E-state index contributed by atoms with van der Waals surface area (Å²) in [5, 5.41) is 0.567. The van der Waals surface area contributed by atoms with Gasteiger partial charge in [0.05, 0.1) is 14.9 Å². The molecular formula is C12H18Cl2N2O2S. The first-order valence-corrected chi connectivity index (χ1v) is 8.31. The summed E-state index contributed by atoms with van der Waals surface area (Å²) in [4.78, 5) is 2.26. The van der Waals surface area contributed by atoms with Crippen molar-refractivity contribution in [2.75, 3.05) is 26.2 Å². The molecule has 4 nitrogen and oxygen atoms in total. The Morgan fingerprint density at radius 1 is 1.16 bits per heavy atom. The minimum absolute atomic E-state index is 0.126. The second kappa shape index (κ2) is 7.45. The largest absolute Gasteiger partial charge is 0.303 e. The Hall–Kier alpha value is -0.330. The van der Waals surface area contributed by atoms with Crippen LogP contribution in [0.5, 0.6) is 0 Å². The maximum Gasteiger partial charge on any atom is 0.240 e. The van der Waals surface area contributed by atoms with Crippen LogP contribution in [0.4, 0.5) is 0 Å². The molecule has 0 saturated heterocycles. The molecule has 0 fully saturated rings. The molecule has 0 spiro atoms. The molecule has 1 aromatic carbocycles. The fourth-order valence-electron chi connectivity index (χ4n) is 1.61. The van der Waals surface area contributed by atoms with Gasteiger partial charge in [0.1, 0.15) is 0 Å². The first kappa shape index (κ1) is 16.7. The van der Waals surface area contributed by atoms with Crippen LogP contribution in [0.3, 0.4) is 0 Å². The molecule has 0 aliphatic rings. The van der Waals surface area contributed by atoms with Crippen LogP contribution in [-0.2, 0) is 10.0 Å². The van der Waals surface area contributed by atoms with E-state index >= 15 is 0 Å². The molecule has 0 saturated carbocycles. The van der Waals surface area contributed by atoms with Gasteiger partial charge in [0.25, 0.3) is 0 Å². The predicted octanol–water partition coefficient (Wildman–Crippen LogP) is 2.61. The van der Waals surface area contributed by atoms with E-state index in [-0.39, 0.29) is 9.92 Å². The standard InChI is InChI=1S/C12H18Cl2N2O2S/c1-3-16(4-2)8-7-15-19(17,18)10-5-6-11(13)12(14)9-10/h5-6,9,15H,3-4,7-8H2,1-2H3. The number of nitrogens with zero attached hydrogens (tertiary/aromatic N) is 1. The highest BCUT2D eigenvalue weighted by atomic mass is 35.5. The van der Waals surface area contributed by atoms with Gasteiger partial charge in [-0.15, -0.1) is 0 Å². The van der Waals surface area contributed by atoms with E-state index in [1.54, 1.807) is 0 Å². The Labute approximate surface area is 124 Å². The van der Waals surface area contributed by atoms with E-state index in [2.05, 4.69) is 9.62 Å². The molecule has 0 radical (unpaired) electrons. The highest BCUT2D eigenvalue weighted by Crippen LogP contribution is 2.24. The van der Waals surface area contributed by atoms with Gasteiger partial charge in [-0.05, 0) is 31.3 Å². The van der Waals surface area contributed by atoms with E-state index in [9.17, 15) is 8.42 Å². The minimum atomic E-state index is -3.53. The summed E-state index contributed by atoms with van der Waals surface area (Å²) < 4.78 is 26.6. The fraction of sp³-hybridized carbons (Fsp3) is 0.500. The number of halogens is 2. The average Bonchev–Trinajstić information content (AvgIpc) is 2.37. The molecule has 0 bridgehead atoms. The van der Waals surface area contributed by atoms with Crippen LogP contribution in [0.2, 0.25) is 10.0 Å². The van der Waals surface area contributed by atoms with Crippen LogP contribution < -0.4 is 4.72 Å². The minimum Gasteiger partial charge on any atom is -0.303 e. The summed E-state index contributed by atoms with van der Waals surface area (Å²) in [5.74, 6) is 0. The number of rotatable bonds is 7. The van der Waals surface area contributed by atoms with Crippen molar-refractivity contribution in [3.63, 3.8) is 0 Å². The lowest BCUT2D eigenvalue weighted by Gasteiger charge is -2.18. The molecule has 0 aliphatic carbocycles. The van der Waals surface area contributed by atoms with Gasteiger partial charge in [-0.2, -0.15) is 0 Å². The van der Waals surface area contributed by atoms with Gasteiger partial charge in [-0.25, -0.2) is 13.1 Å². The first-order chi connectivity index (χ1) is 8.90. The molecule has 0 heterocycles. The molecule has 1 rings (SSSR count). The number of nitrogens with one attached hydrogen (secondary N) is 1. The number of likely N-dealkylation sites (N-methyl/N-ethyl adjacent to an activating group) is 1. The van der Waals surface area contributed by atoms with Crippen LogP contribution in [0, 0.1) is 0 Å².